The minimum absolute atomic E-state index is 0.0131. The molecule has 0 aromatic heterocycles. The molecule has 0 saturated carbocycles. The smallest absolute Gasteiger partial charge is 0.322 e. The number of amides is 2. The Balaban J connectivity index is 2.03. The standard InChI is InChI=1S/C16H13F3N2O2/c1-10-3-2-4-11(9-10)14(22)20-12-5-7-13(8-6-12)21-15(23)16(17,18)19/h2-9H,1H3,(H,20,22)(H,21,23). The Morgan fingerprint density at radius 1 is 0.913 bits per heavy atom. The Labute approximate surface area is 130 Å². The highest BCUT2D eigenvalue weighted by Crippen LogP contribution is 2.20. The molecule has 0 spiro atoms. The normalized spacial score (nSPS) is 11.0. The third-order valence-electron chi connectivity index (χ3n) is 2.94. The van der Waals surface area contributed by atoms with Crippen LogP contribution in [-0.2, 0) is 4.79 Å². The van der Waals surface area contributed by atoms with Crippen molar-refractivity contribution in [1.82, 2.24) is 0 Å². The summed E-state index contributed by atoms with van der Waals surface area (Å²) < 4.78 is 36.4. The van der Waals surface area contributed by atoms with Crippen molar-refractivity contribution in [3.63, 3.8) is 0 Å². The molecule has 0 bridgehead atoms. The first-order valence-corrected chi connectivity index (χ1v) is 6.62. The number of anilines is 2. The Kier molecular flexibility index (Phi) is 4.68. The number of hydrogen-bond acceptors (Lipinski definition) is 2. The van der Waals surface area contributed by atoms with Gasteiger partial charge in [0, 0.05) is 16.9 Å². The lowest BCUT2D eigenvalue weighted by Crippen LogP contribution is -2.29. The van der Waals surface area contributed by atoms with Crippen LogP contribution in [0.25, 0.3) is 0 Å². The lowest BCUT2D eigenvalue weighted by atomic mass is 10.1. The monoisotopic (exact) mass is 322 g/mol. The second-order valence-corrected chi connectivity index (χ2v) is 4.85. The van der Waals surface area contributed by atoms with Crippen LogP contribution in [0.4, 0.5) is 24.5 Å². The third-order valence-corrected chi connectivity index (χ3v) is 2.94. The van der Waals surface area contributed by atoms with E-state index in [4.69, 9.17) is 0 Å². The third kappa shape index (κ3) is 4.57. The summed E-state index contributed by atoms with van der Waals surface area (Å²) in [5.41, 5.74) is 1.80. The van der Waals surface area contributed by atoms with Crippen LogP contribution < -0.4 is 10.6 Å². The SMILES string of the molecule is Cc1cccc(C(=O)Nc2ccc(NC(=O)C(F)(F)F)cc2)c1. The van der Waals surface area contributed by atoms with E-state index in [-0.39, 0.29) is 11.6 Å². The van der Waals surface area contributed by atoms with Crippen molar-refractivity contribution < 1.29 is 22.8 Å². The van der Waals surface area contributed by atoms with Crippen molar-refractivity contribution >= 4 is 23.2 Å². The summed E-state index contributed by atoms with van der Waals surface area (Å²) in [7, 11) is 0. The summed E-state index contributed by atoms with van der Waals surface area (Å²) in [5.74, 6) is -2.38. The number of carbonyl (C=O) groups is 2. The molecule has 2 aromatic carbocycles. The van der Waals surface area contributed by atoms with Crippen molar-refractivity contribution in [3.05, 3.63) is 59.7 Å². The van der Waals surface area contributed by atoms with E-state index in [1.54, 1.807) is 23.5 Å². The first-order chi connectivity index (χ1) is 10.8. The number of hydrogen-bond donors (Lipinski definition) is 2. The number of alkyl halides is 3. The van der Waals surface area contributed by atoms with Crippen LogP contribution in [0.5, 0.6) is 0 Å². The first-order valence-electron chi connectivity index (χ1n) is 6.62. The fourth-order valence-electron chi connectivity index (χ4n) is 1.83. The van der Waals surface area contributed by atoms with Crippen LogP contribution in [0.1, 0.15) is 15.9 Å². The molecule has 2 N–H and O–H groups in total. The molecular formula is C16H13F3N2O2. The predicted molar refractivity (Wildman–Crippen MR) is 80.3 cm³/mol. The zero-order valence-corrected chi connectivity index (χ0v) is 12.1. The van der Waals surface area contributed by atoms with E-state index < -0.39 is 12.1 Å². The molecule has 0 radical (unpaired) electrons. The largest absolute Gasteiger partial charge is 0.471 e. The number of carbonyl (C=O) groups excluding carboxylic acids is 2. The molecule has 0 unspecified atom stereocenters. The van der Waals surface area contributed by atoms with Gasteiger partial charge in [-0.2, -0.15) is 13.2 Å². The molecule has 23 heavy (non-hydrogen) atoms. The summed E-state index contributed by atoms with van der Waals surface area (Å²) in [6.07, 6.45) is -4.95. The number of halogens is 3. The van der Waals surface area contributed by atoms with E-state index >= 15 is 0 Å². The molecule has 0 aliphatic rings. The van der Waals surface area contributed by atoms with Gasteiger partial charge in [-0.1, -0.05) is 17.7 Å². The van der Waals surface area contributed by atoms with Crippen molar-refractivity contribution in [2.75, 3.05) is 10.6 Å². The van der Waals surface area contributed by atoms with E-state index in [0.29, 0.717) is 11.3 Å². The minimum atomic E-state index is -4.95. The Hall–Kier alpha value is -2.83. The number of aryl methyl sites for hydroxylation is 1. The van der Waals surface area contributed by atoms with Crippen LogP contribution in [-0.4, -0.2) is 18.0 Å². The van der Waals surface area contributed by atoms with E-state index in [1.165, 1.54) is 24.3 Å². The van der Waals surface area contributed by atoms with E-state index in [2.05, 4.69) is 5.32 Å². The summed E-state index contributed by atoms with van der Waals surface area (Å²) in [4.78, 5) is 22.8. The van der Waals surface area contributed by atoms with Gasteiger partial charge in [-0.3, -0.25) is 9.59 Å². The van der Waals surface area contributed by atoms with Gasteiger partial charge in [-0.15, -0.1) is 0 Å². The zero-order chi connectivity index (χ0) is 17.0. The molecule has 0 aliphatic carbocycles. The summed E-state index contributed by atoms with van der Waals surface area (Å²) >= 11 is 0. The number of rotatable bonds is 3. The van der Waals surface area contributed by atoms with E-state index in [9.17, 15) is 22.8 Å². The quantitative estimate of drug-likeness (QED) is 0.904. The van der Waals surface area contributed by atoms with Gasteiger partial charge in [0.05, 0.1) is 0 Å². The zero-order valence-electron chi connectivity index (χ0n) is 12.1. The molecule has 4 nitrogen and oxygen atoms in total. The van der Waals surface area contributed by atoms with Gasteiger partial charge < -0.3 is 10.6 Å². The van der Waals surface area contributed by atoms with Gasteiger partial charge in [0.2, 0.25) is 0 Å². The summed E-state index contributed by atoms with van der Waals surface area (Å²) in [6.45, 7) is 1.86. The number of benzene rings is 2. The summed E-state index contributed by atoms with van der Waals surface area (Å²) in [5, 5.41) is 4.35. The Morgan fingerprint density at radius 3 is 2.00 bits per heavy atom. The summed E-state index contributed by atoms with van der Waals surface area (Å²) in [6, 6.07) is 12.3. The molecule has 120 valence electrons. The van der Waals surface area contributed by atoms with Crippen LogP contribution in [0.3, 0.4) is 0 Å². The second-order valence-electron chi connectivity index (χ2n) is 4.85. The van der Waals surface area contributed by atoms with Crippen LogP contribution in [0, 0.1) is 6.92 Å². The molecule has 0 saturated heterocycles. The van der Waals surface area contributed by atoms with Gasteiger partial charge in [-0.25, -0.2) is 0 Å². The van der Waals surface area contributed by atoms with Gasteiger partial charge in [-0.05, 0) is 43.3 Å². The van der Waals surface area contributed by atoms with Crippen molar-refractivity contribution in [2.24, 2.45) is 0 Å². The molecule has 0 fully saturated rings. The minimum Gasteiger partial charge on any atom is -0.322 e. The molecule has 7 heteroatoms. The molecule has 2 rings (SSSR count). The van der Waals surface area contributed by atoms with Crippen LogP contribution in [0.2, 0.25) is 0 Å². The topological polar surface area (TPSA) is 58.2 Å². The van der Waals surface area contributed by atoms with E-state index in [0.717, 1.165) is 5.56 Å². The maximum Gasteiger partial charge on any atom is 0.471 e. The Bertz CT molecular complexity index is 725. The average molecular weight is 322 g/mol. The predicted octanol–water partition coefficient (Wildman–Crippen LogP) is 3.75. The van der Waals surface area contributed by atoms with Crippen LogP contribution >= 0.6 is 0 Å². The highest BCUT2D eigenvalue weighted by atomic mass is 19.4. The molecule has 0 aliphatic heterocycles. The maximum atomic E-state index is 12.1. The van der Waals surface area contributed by atoms with Gasteiger partial charge in [0.25, 0.3) is 5.91 Å². The van der Waals surface area contributed by atoms with Crippen molar-refractivity contribution in [2.45, 2.75) is 13.1 Å². The molecule has 2 amide bonds. The van der Waals surface area contributed by atoms with E-state index in [1.807, 2.05) is 13.0 Å². The van der Waals surface area contributed by atoms with Crippen LogP contribution in [0.15, 0.2) is 48.5 Å². The van der Waals surface area contributed by atoms with Gasteiger partial charge in [0.1, 0.15) is 0 Å². The lowest BCUT2D eigenvalue weighted by Gasteiger charge is -2.09. The molecule has 2 aromatic rings. The van der Waals surface area contributed by atoms with Gasteiger partial charge >= 0.3 is 12.1 Å². The second kappa shape index (κ2) is 6.51. The highest BCUT2D eigenvalue weighted by Gasteiger charge is 2.38. The molecule has 0 atom stereocenters. The highest BCUT2D eigenvalue weighted by molar-refractivity contribution is 6.04. The lowest BCUT2D eigenvalue weighted by molar-refractivity contribution is -0.167. The average Bonchev–Trinajstić information content (AvgIpc) is 2.48. The molecule has 0 heterocycles. The Morgan fingerprint density at radius 2 is 1.48 bits per heavy atom. The van der Waals surface area contributed by atoms with Gasteiger partial charge in [0.15, 0.2) is 0 Å². The maximum absolute atomic E-state index is 12.1. The van der Waals surface area contributed by atoms with Crippen molar-refractivity contribution in [3.8, 4) is 0 Å². The fourth-order valence-corrected chi connectivity index (χ4v) is 1.83. The van der Waals surface area contributed by atoms with Crippen molar-refractivity contribution in [1.29, 1.82) is 0 Å². The number of nitrogens with one attached hydrogen (secondary N) is 2. The fraction of sp³-hybridized carbons (Fsp3) is 0.125. The molecular weight excluding hydrogens is 309 g/mol. The first kappa shape index (κ1) is 16.5.